The third kappa shape index (κ3) is 5.53. The monoisotopic (exact) mass is 476 g/mol. The number of nitrogens with two attached hydrogens (primary N) is 1. The van der Waals surface area contributed by atoms with Gasteiger partial charge in [-0.1, -0.05) is 25.5 Å². The molecule has 8 heteroatoms. The minimum Gasteiger partial charge on any atom is -0.330 e. The van der Waals surface area contributed by atoms with Crippen molar-refractivity contribution in [2.45, 2.75) is 65.6 Å². The third-order valence-electron chi connectivity index (χ3n) is 6.70. The first-order valence-corrected chi connectivity index (χ1v) is 12.6. The maximum Gasteiger partial charge on any atom is 0.325 e. The number of hydrazone groups is 1. The molecule has 0 aliphatic carbocycles. The number of hydrogen-bond acceptors (Lipinski definition) is 5. The number of aromatic nitrogens is 1. The number of hydrogen-bond donors (Lipinski definition) is 1. The molecule has 3 amide bonds. The number of amides is 3. The van der Waals surface area contributed by atoms with Crippen LogP contribution in [0.15, 0.2) is 47.8 Å². The summed E-state index contributed by atoms with van der Waals surface area (Å²) >= 11 is 0. The van der Waals surface area contributed by atoms with Gasteiger partial charge in [0.15, 0.2) is 0 Å². The largest absolute Gasteiger partial charge is 0.330 e. The molecule has 186 valence electrons. The van der Waals surface area contributed by atoms with Gasteiger partial charge in [-0.2, -0.15) is 5.10 Å². The van der Waals surface area contributed by atoms with E-state index in [1.807, 2.05) is 67.1 Å². The maximum atomic E-state index is 13.5. The summed E-state index contributed by atoms with van der Waals surface area (Å²) in [6.07, 6.45) is 6.92. The number of carbonyl (C=O) groups is 2. The van der Waals surface area contributed by atoms with Crippen LogP contribution in [0.3, 0.4) is 0 Å². The van der Waals surface area contributed by atoms with E-state index < -0.39 is 0 Å². The summed E-state index contributed by atoms with van der Waals surface area (Å²) in [5.41, 5.74) is 10.6. The average molecular weight is 477 g/mol. The van der Waals surface area contributed by atoms with Crippen LogP contribution in [0.4, 0.5) is 10.5 Å². The number of anilines is 1. The summed E-state index contributed by atoms with van der Waals surface area (Å²) in [7, 11) is 0. The van der Waals surface area contributed by atoms with E-state index in [4.69, 9.17) is 10.8 Å². The van der Waals surface area contributed by atoms with Gasteiger partial charge in [0.2, 0.25) is 5.91 Å². The average Bonchev–Trinajstić information content (AvgIpc) is 3.28. The maximum absolute atomic E-state index is 13.5. The second kappa shape index (κ2) is 11.0. The lowest BCUT2D eigenvalue weighted by atomic mass is 9.93. The summed E-state index contributed by atoms with van der Waals surface area (Å²) in [6.45, 7) is 8.56. The zero-order valence-electron chi connectivity index (χ0n) is 21.0. The SMILES string of the molecule is CC1CC(=O)N(CCCCCN)N=C1c1ccc(N(C(=O)N2Cc3ccncc3C2)C(C)C)cc1. The number of rotatable bonds is 8. The van der Waals surface area contributed by atoms with Crippen LogP contribution in [-0.2, 0) is 17.9 Å². The Morgan fingerprint density at radius 2 is 1.86 bits per heavy atom. The van der Waals surface area contributed by atoms with E-state index in [0.29, 0.717) is 32.6 Å². The number of unbranched alkanes of at least 4 members (excludes halogenated alkanes) is 2. The molecule has 1 atom stereocenters. The first kappa shape index (κ1) is 24.9. The van der Waals surface area contributed by atoms with Gasteiger partial charge in [0.05, 0.1) is 5.71 Å². The molecule has 0 spiro atoms. The Balaban J connectivity index is 1.50. The summed E-state index contributed by atoms with van der Waals surface area (Å²) in [4.78, 5) is 33.9. The fourth-order valence-corrected chi connectivity index (χ4v) is 4.78. The number of nitrogens with zero attached hydrogens (tertiary/aromatic N) is 5. The second-order valence-corrected chi connectivity index (χ2v) is 9.75. The Morgan fingerprint density at radius 1 is 1.11 bits per heavy atom. The van der Waals surface area contributed by atoms with Crippen molar-refractivity contribution in [1.29, 1.82) is 0 Å². The molecule has 0 radical (unpaired) electrons. The van der Waals surface area contributed by atoms with Gasteiger partial charge in [0, 0.05) is 56.1 Å². The van der Waals surface area contributed by atoms with Gasteiger partial charge in [-0.3, -0.25) is 14.7 Å². The van der Waals surface area contributed by atoms with Crippen LogP contribution < -0.4 is 10.6 Å². The molecule has 1 unspecified atom stereocenters. The highest BCUT2D eigenvalue weighted by Gasteiger charge is 2.30. The zero-order valence-corrected chi connectivity index (χ0v) is 21.0. The Morgan fingerprint density at radius 3 is 2.54 bits per heavy atom. The highest BCUT2D eigenvalue weighted by molar-refractivity contribution is 6.06. The second-order valence-electron chi connectivity index (χ2n) is 9.75. The number of carbonyl (C=O) groups excluding carboxylic acids is 2. The van der Waals surface area contributed by atoms with E-state index in [0.717, 1.165) is 47.4 Å². The van der Waals surface area contributed by atoms with Gasteiger partial charge in [-0.05, 0) is 68.1 Å². The minimum atomic E-state index is -0.0124. The molecule has 4 rings (SSSR count). The van der Waals surface area contributed by atoms with Crippen LogP contribution in [0.25, 0.3) is 0 Å². The van der Waals surface area contributed by atoms with E-state index in [-0.39, 0.29) is 23.9 Å². The first-order valence-electron chi connectivity index (χ1n) is 12.6. The summed E-state index contributed by atoms with van der Waals surface area (Å²) < 4.78 is 0. The molecular weight excluding hydrogens is 440 g/mol. The molecule has 0 saturated heterocycles. The number of benzene rings is 1. The van der Waals surface area contributed by atoms with E-state index >= 15 is 0 Å². The smallest absolute Gasteiger partial charge is 0.325 e. The van der Waals surface area contributed by atoms with Crippen LogP contribution in [0, 0.1) is 5.92 Å². The fraction of sp³-hybridized carbons (Fsp3) is 0.481. The van der Waals surface area contributed by atoms with Crippen molar-refractivity contribution in [2.24, 2.45) is 16.8 Å². The number of urea groups is 1. The number of fused-ring (bicyclic) bond motifs is 1. The van der Waals surface area contributed by atoms with Gasteiger partial charge in [0.1, 0.15) is 0 Å². The van der Waals surface area contributed by atoms with Gasteiger partial charge in [-0.15, -0.1) is 0 Å². The van der Waals surface area contributed by atoms with E-state index in [9.17, 15) is 9.59 Å². The Hall–Kier alpha value is -3.26. The fourth-order valence-electron chi connectivity index (χ4n) is 4.78. The van der Waals surface area contributed by atoms with Crippen molar-refractivity contribution in [2.75, 3.05) is 18.0 Å². The van der Waals surface area contributed by atoms with Gasteiger partial charge >= 0.3 is 6.03 Å². The van der Waals surface area contributed by atoms with Crippen molar-refractivity contribution in [3.05, 3.63) is 59.4 Å². The highest BCUT2D eigenvalue weighted by Crippen LogP contribution is 2.28. The third-order valence-corrected chi connectivity index (χ3v) is 6.70. The van der Waals surface area contributed by atoms with Crippen molar-refractivity contribution in [3.63, 3.8) is 0 Å². The van der Waals surface area contributed by atoms with Crippen molar-refractivity contribution in [1.82, 2.24) is 14.9 Å². The molecule has 3 heterocycles. The molecule has 0 bridgehead atoms. The standard InChI is InChI=1S/C27H36N6O2/c1-19(2)33(27(35)31-17-22-11-13-29-16-23(22)18-31)24-9-7-21(8-10-24)26-20(3)15-25(34)32(30-26)14-6-4-5-12-28/h7-11,13,16,19-20H,4-6,12,14-15,17-18,28H2,1-3H3. The predicted octanol–water partition coefficient (Wildman–Crippen LogP) is 4.13. The summed E-state index contributed by atoms with van der Waals surface area (Å²) in [5, 5.41) is 6.33. The molecule has 1 aromatic carbocycles. The molecule has 35 heavy (non-hydrogen) atoms. The molecular formula is C27H36N6O2. The Kier molecular flexibility index (Phi) is 7.80. The lowest BCUT2D eigenvalue weighted by molar-refractivity contribution is -0.132. The highest BCUT2D eigenvalue weighted by atomic mass is 16.2. The van der Waals surface area contributed by atoms with Crippen LogP contribution in [0.1, 0.15) is 63.1 Å². The predicted molar refractivity (Wildman–Crippen MR) is 138 cm³/mol. The molecule has 1 aromatic heterocycles. The van der Waals surface area contributed by atoms with Gasteiger partial charge in [-0.25, -0.2) is 9.80 Å². The van der Waals surface area contributed by atoms with Gasteiger partial charge in [0.25, 0.3) is 0 Å². The Labute approximate surface area is 207 Å². The van der Waals surface area contributed by atoms with E-state index in [2.05, 4.69) is 4.98 Å². The molecule has 2 N–H and O–H groups in total. The summed E-state index contributed by atoms with van der Waals surface area (Å²) in [6, 6.07) is 9.96. The van der Waals surface area contributed by atoms with Crippen molar-refractivity contribution >= 4 is 23.3 Å². The van der Waals surface area contributed by atoms with Crippen LogP contribution in [0.5, 0.6) is 0 Å². The molecule has 2 aliphatic heterocycles. The van der Waals surface area contributed by atoms with Crippen LogP contribution in [0.2, 0.25) is 0 Å². The molecule has 2 aliphatic rings. The molecule has 2 aromatic rings. The zero-order chi connectivity index (χ0) is 24.9. The normalized spacial score (nSPS) is 17.6. The van der Waals surface area contributed by atoms with Crippen molar-refractivity contribution in [3.8, 4) is 0 Å². The van der Waals surface area contributed by atoms with E-state index in [1.54, 1.807) is 11.2 Å². The minimum absolute atomic E-state index is 0.00256. The summed E-state index contributed by atoms with van der Waals surface area (Å²) in [5.74, 6) is 0.122. The quantitative estimate of drug-likeness (QED) is 0.580. The van der Waals surface area contributed by atoms with Crippen molar-refractivity contribution < 1.29 is 9.59 Å². The molecule has 8 nitrogen and oxygen atoms in total. The van der Waals surface area contributed by atoms with E-state index in [1.165, 1.54) is 0 Å². The Bertz CT molecular complexity index is 1060. The van der Waals surface area contributed by atoms with Gasteiger partial charge < -0.3 is 10.6 Å². The molecule has 0 saturated carbocycles. The molecule has 0 fully saturated rings. The topological polar surface area (TPSA) is 95.1 Å². The first-order chi connectivity index (χ1) is 16.9. The lowest BCUT2D eigenvalue weighted by Gasteiger charge is -2.32. The number of pyridine rings is 1. The van der Waals surface area contributed by atoms with Crippen LogP contribution >= 0.6 is 0 Å². The lowest BCUT2D eigenvalue weighted by Crippen LogP contribution is -2.44. The van der Waals surface area contributed by atoms with Crippen LogP contribution in [-0.4, -0.2) is 51.7 Å².